The molecule has 0 atom stereocenters. The van der Waals surface area contributed by atoms with Crippen molar-refractivity contribution in [1.29, 1.82) is 0 Å². The molecule has 1 aromatic rings. The lowest BCUT2D eigenvalue weighted by Gasteiger charge is -1.99. The molecular weight excluding hydrogens is 173 g/mol. The predicted molar refractivity (Wildman–Crippen MR) is 40.0 cm³/mol. The van der Waals surface area contributed by atoms with Crippen molar-refractivity contribution < 1.29 is 4.73 Å². The molecule has 0 radical (unpaired) electrons. The van der Waals surface area contributed by atoms with Gasteiger partial charge in [-0.3, -0.25) is 0 Å². The minimum absolute atomic E-state index is 0.185. The average Bonchev–Trinajstić information content (AvgIpc) is 1.94. The zero-order chi connectivity index (χ0) is 7.56. The van der Waals surface area contributed by atoms with Crippen LogP contribution in [0.2, 0.25) is 5.02 Å². The highest BCUT2D eigenvalue weighted by molar-refractivity contribution is 6.30. The number of nitrogens with zero attached hydrogens (tertiary/aromatic N) is 1. The van der Waals surface area contributed by atoms with Crippen LogP contribution >= 0.6 is 23.2 Å². The van der Waals surface area contributed by atoms with Crippen molar-refractivity contribution in [3.8, 4) is 0 Å². The standard InChI is InChI=1S/C6H5Cl2NO/c7-4-6-3-5(8)1-2-9(6)10/h1-3H,4H2. The Hall–Kier alpha value is -0.470. The molecule has 0 aromatic carbocycles. The van der Waals surface area contributed by atoms with Crippen molar-refractivity contribution >= 4 is 23.2 Å². The summed E-state index contributed by atoms with van der Waals surface area (Å²) in [4.78, 5) is 0. The predicted octanol–water partition coefficient (Wildman–Crippen LogP) is 1.71. The normalized spacial score (nSPS) is 9.80. The first kappa shape index (κ1) is 7.63. The minimum atomic E-state index is 0.185. The fourth-order valence-corrected chi connectivity index (χ4v) is 0.980. The SMILES string of the molecule is [O-][n+]1ccc(Cl)cc1CCl. The molecule has 10 heavy (non-hydrogen) atoms. The number of aromatic nitrogens is 1. The molecule has 4 heteroatoms. The fraction of sp³-hybridized carbons (Fsp3) is 0.167. The van der Waals surface area contributed by atoms with Crippen LogP contribution in [0.15, 0.2) is 18.3 Å². The van der Waals surface area contributed by atoms with Gasteiger partial charge in [-0.2, -0.15) is 4.73 Å². The van der Waals surface area contributed by atoms with Gasteiger partial charge in [-0.05, 0) is 0 Å². The average molecular weight is 178 g/mol. The summed E-state index contributed by atoms with van der Waals surface area (Å²) < 4.78 is 0.693. The largest absolute Gasteiger partial charge is 0.618 e. The second-order valence-corrected chi connectivity index (χ2v) is 2.50. The number of hydrogen-bond acceptors (Lipinski definition) is 1. The lowest BCUT2D eigenvalue weighted by molar-refractivity contribution is -0.612. The quantitative estimate of drug-likeness (QED) is 0.365. The molecule has 2 nitrogen and oxygen atoms in total. The first-order valence-electron chi connectivity index (χ1n) is 2.67. The highest BCUT2D eigenvalue weighted by atomic mass is 35.5. The van der Waals surface area contributed by atoms with Crippen molar-refractivity contribution in [2.45, 2.75) is 5.88 Å². The van der Waals surface area contributed by atoms with E-state index in [1.165, 1.54) is 12.3 Å². The number of alkyl halides is 1. The smallest absolute Gasteiger partial charge is 0.209 e. The Balaban J connectivity index is 3.09. The molecule has 1 aromatic heterocycles. The van der Waals surface area contributed by atoms with Gasteiger partial charge in [0, 0.05) is 12.1 Å². The summed E-state index contributed by atoms with van der Waals surface area (Å²) in [5.41, 5.74) is 0.467. The first-order valence-corrected chi connectivity index (χ1v) is 3.59. The van der Waals surface area contributed by atoms with Crippen LogP contribution in [-0.4, -0.2) is 0 Å². The Morgan fingerprint density at radius 3 is 2.80 bits per heavy atom. The summed E-state index contributed by atoms with van der Waals surface area (Å²) in [6, 6.07) is 3.06. The zero-order valence-electron chi connectivity index (χ0n) is 5.05. The van der Waals surface area contributed by atoms with E-state index in [2.05, 4.69) is 0 Å². The van der Waals surface area contributed by atoms with E-state index in [1.807, 2.05) is 0 Å². The minimum Gasteiger partial charge on any atom is -0.618 e. The summed E-state index contributed by atoms with van der Waals surface area (Å²) >= 11 is 11.0. The van der Waals surface area contributed by atoms with Gasteiger partial charge in [0.05, 0.1) is 5.02 Å². The highest BCUT2D eigenvalue weighted by Gasteiger charge is 2.02. The van der Waals surface area contributed by atoms with Gasteiger partial charge in [0.2, 0.25) is 5.69 Å². The molecule has 54 valence electrons. The van der Waals surface area contributed by atoms with Gasteiger partial charge >= 0.3 is 0 Å². The van der Waals surface area contributed by atoms with Crippen molar-refractivity contribution in [3.63, 3.8) is 0 Å². The second kappa shape index (κ2) is 3.08. The third-order valence-electron chi connectivity index (χ3n) is 1.09. The lowest BCUT2D eigenvalue weighted by Crippen LogP contribution is -2.30. The maximum atomic E-state index is 10.8. The first-order chi connectivity index (χ1) is 4.74. The zero-order valence-corrected chi connectivity index (χ0v) is 6.56. The summed E-state index contributed by atoms with van der Waals surface area (Å²) in [5.74, 6) is 0.185. The second-order valence-electron chi connectivity index (χ2n) is 1.80. The molecule has 1 heterocycles. The van der Waals surface area contributed by atoms with E-state index in [9.17, 15) is 5.21 Å². The van der Waals surface area contributed by atoms with E-state index >= 15 is 0 Å². The molecule has 0 unspecified atom stereocenters. The molecule has 0 fully saturated rings. The van der Waals surface area contributed by atoms with Crippen LogP contribution in [0, 0.1) is 5.21 Å². The van der Waals surface area contributed by atoms with Gasteiger partial charge in [-0.25, -0.2) is 0 Å². The molecule has 0 aliphatic heterocycles. The lowest BCUT2D eigenvalue weighted by atomic mass is 10.4. The number of pyridine rings is 1. The third kappa shape index (κ3) is 1.52. The van der Waals surface area contributed by atoms with E-state index in [4.69, 9.17) is 23.2 Å². The molecule has 0 N–H and O–H groups in total. The van der Waals surface area contributed by atoms with Crippen LogP contribution in [0.3, 0.4) is 0 Å². The third-order valence-corrected chi connectivity index (χ3v) is 1.60. The van der Waals surface area contributed by atoms with Gasteiger partial charge in [0.1, 0.15) is 5.88 Å². The van der Waals surface area contributed by atoms with Gasteiger partial charge in [-0.1, -0.05) is 11.6 Å². The molecule has 0 amide bonds. The van der Waals surface area contributed by atoms with Crippen LogP contribution in [-0.2, 0) is 5.88 Å². The van der Waals surface area contributed by atoms with E-state index in [1.54, 1.807) is 6.07 Å². The van der Waals surface area contributed by atoms with Crippen LogP contribution in [0.1, 0.15) is 5.69 Å². The number of rotatable bonds is 1. The molecule has 0 aliphatic rings. The summed E-state index contributed by atoms with van der Waals surface area (Å²) in [6.45, 7) is 0. The number of hydrogen-bond donors (Lipinski definition) is 0. The fourth-order valence-electron chi connectivity index (χ4n) is 0.603. The maximum absolute atomic E-state index is 10.8. The number of halogens is 2. The molecule has 0 aliphatic carbocycles. The Kier molecular flexibility index (Phi) is 2.35. The van der Waals surface area contributed by atoms with Crippen LogP contribution in [0.4, 0.5) is 0 Å². The van der Waals surface area contributed by atoms with E-state index in [0.29, 0.717) is 15.4 Å². The Bertz CT molecular complexity index is 239. The van der Waals surface area contributed by atoms with E-state index < -0.39 is 0 Å². The van der Waals surface area contributed by atoms with Gasteiger partial charge in [0.25, 0.3) is 0 Å². The van der Waals surface area contributed by atoms with Crippen molar-refractivity contribution in [2.24, 2.45) is 0 Å². The summed E-state index contributed by atoms with van der Waals surface area (Å²) in [5, 5.41) is 11.3. The maximum Gasteiger partial charge on any atom is 0.209 e. The highest BCUT2D eigenvalue weighted by Crippen LogP contribution is 2.07. The van der Waals surface area contributed by atoms with Crippen LogP contribution in [0.5, 0.6) is 0 Å². The van der Waals surface area contributed by atoms with Gasteiger partial charge in [-0.15, -0.1) is 11.6 Å². The molecule has 1 rings (SSSR count). The Morgan fingerprint density at radius 2 is 2.30 bits per heavy atom. The topological polar surface area (TPSA) is 26.9 Å². The molecule has 0 saturated heterocycles. The van der Waals surface area contributed by atoms with Crippen molar-refractivity contribution in [3.05, 3.63) is 34.3 Å². The van der Waals surface area contributed by atoms with Crippen molar-refractivity contribution in [2.75, 3.05) is 0 Å². The Morgan fingerprint density at radius 1 is 1.60 bits per heavy atom. The Labute approximate surface area is 68.6 Å². The molecular formula is C6H5Cl2NO. The van der Waals surface area contributed by atoms with Gasteiger partial charge < -0.3 is 5.21 Å². The van der Waals surface area contributed by atoms with Crippen LogP contribution in [0.25, 0.3) is 0 Å². The van der Waals surface area contributed by atoms with E-state index in [0.717, 1.165) is 0 Å². The summed E-state index contributed by atoms with van der Waals surface area (Å²) in [7, 11) is 0. The summed E-state index contributed by atoms with van der Waals surface area (Å²) in [6.07, 6.45) is 1.33. The van der Waals surface area contributed by atoms with E-state index in [-0.39, 0.29) is 5.88 Å². The van der Waals surface area contributed by atoms with Crippen LogP contribution < -0.4 is 4.73 Å². The molecule has 0 spiro atoms. The van der Waals surface area contributed by atoms with Crippen molar-refractivity contribution in [1.82, 2.24) is 0 Å². The monoisotopic (exact) mass is 177 g/mol. The molecule has 0 saturated carbocycles. The van der Waals surface area contributed by atoms with Gasteiger partial charge in [0.15, 0.2) is 6.20 Å². The molecule has 0 bridgehead atoms.